The minimum absolute atomic E-state index is 0.137. The van der Waals surface area contributed by atoms with Crippen molar-refractivity contribution < 1.29 is 26.3 Å². The molecule has 164 valence electrons. The molecule has 1 aliphatic heterocycles. The first kappa shape index (κ1) is 22.6. The zero-order chi connectivity index (χ0) is 22.1. The summed E-state index contributed by atoms with van der Waals surface area (Å²) in [4.78, 5) is 0.942. The van der Waals surface area contributed by atoms with Crippen LogP contribution in [0.25, 0.3) is 11.1 Å². The zero-order valence-electron chi connectivity index (χ0n) is 16.3. The molecule has 0 saturated carbocycles. The maximum absolute atomic E-state index is 15.0. The van der Waals surface area contributed by atoms with Crippen molar-refractivity contribution in [3.05, 3.63) is 59.7 Å². The molecular weight excluding hydrogens is 408 g/mol. The highest BCUT2D eigenvalue weighted by atomic mass is 19.3. The molecule has 2 unspecified atom stereocenters. The topological polar surface area (TPSA) is 41.3 Å². The Hall–Kier alpha value is -2.10. The van der Waals surface area contributed by atoms with Crippen LogP contribution in [0, 0.1) is 11.6 Å². The van der Waals surface area contributed by atoms with Gasteiger partial charge in [0.2, 0.25) is 0 Å². The lowest BCUT2D eigenvalue weighted by atomic mass is 9.92. The van der Waals surface area contributed by atoms with Crippen LogP contribution in [0.1, 0.15) is 5.56 Å². The van der Waals surface area contributed by atoms with Gasteiger partial charge < -0.3 is 11.1 Å². The number of alkyl halides is 4. The second-order valence-electron chi connectivity index (χ2n) is 7.68. The summed E-state index contributed by atoms with van der Waals surface area (Å²) in [5.41, 5.74) is 6.37. The van der Waals surface area contributed by atoms with Gasteiger partial charge in [0, 0.05) is 11.6 Å². The Labute approximate surface area is 170 Å². The van der Waals surface area contributed by atoms with E-state index in [4.69, 9.17) is 5.73 Å². The molecule has 0 aromatic heterocycles. The molecule has 0 aliphatic carbocycles. The van der Waals surface area contributed by atoms with Gasteiger partial charge in [0.05, 0.1) is 25.7 Å². The molecule has 9 heteroatoms. The highest BCUT2D eigenvalue weighted by Crippen LogP contribution is 2.32. The fourth-order valence-corrected chi connectivity index (χ4v) is 3.68. The van der Waals surface area contributed by atoms with Crippen molar-refractivity contribution in [3.8, 4) is 11.1 Å². The molecule has 0 amide bonds. The fraction of sp³-hybridized carbons (Fsp3) is 0.429. The number of rotatable bonds is 8. The molecule has 2 atom stereocenters. The molecule has 3 nitrogen and oxygen atoms in total. The monoisotopic (exact) mass is 431 g/mol. The van der Waals surface area contributed by atoms with Gasteiger partial charge in [0.1, 0.15) is 11.6 Å². The Bertz CT molecular complexity index is 881. The van der Waals surface area contributed by atoms with Crippen LogP contribution in [0.4, 0.5) is 26.3 Å². The first-order valence-corrected chi connectivity index (χ1v) is 9.46. The number of halogens is 6. The molecule has 0 bridgehead atoms. The molecule has 30 heavy (non-hydrogen) atoms. The van der Waals surface area contributed by atoms with E-state index < -0.39 is 55.2 Å². The molecule has 1 fully saturated rings. The lowest BCUT2D eigenvalue weighted by Crippen LogP contribution is -2.64. The Kier molecular flexibility index (Phi) is 6.45. The van der Waals surface area contributed by atoms with Crippen LogP contribution in [-0.2, 0) is 6.42 Å². The predicted octanol–water partition coefficient (Wildman–Crippen LogP) is 3.68. The van der Waals surface area contributed by atoms with E-state index in [1.165, 1.54) is 37.4 Å². The molecule has 0 radical (unpaired) electrons. The van der Waals surface area contributed by atoms with Crippen molar-refractivity contribution in [2.24, 2.45) is 5.73 Å². The van der Waals surface area contributed by atoms with Crippen LogP contribution >= 0.6 is 0 Å². The van der Waals surface area contributed by atoms with E-state index in [1.54, 1.807) is 12.1 Å². The number of hydrogen-bond acceptors (Lipinski definition) is 3. The van der Waals surface area contributed by atoms with Gasteiger partial charge in [-0.05, 0) is 36.7 Å². The van der Waals surface area contributed by atoms with Gasteiger partial charge in [0.15, 0.2) is 0 Å². The largest absolute Gasteiger partial charge is 0.321 e. The number of hydrogen-bond donors (Lipinski definition) is 2. The third kappa shape index (κ3) is 4.96. The predicted molar refractivity (Wildman–Crippen MR) is 103 cm³/mol. The molecule has 2 aromatic carbocycles. The first-order valence-electron chi connectivity index (χ1n) is 9.46. The molecule has 3 N–H and O–H groups in total. The van der Waals surface area contributed by atoms with E-state index >= 15 is 4.39 Å². The highest BCUT2D eigenvalue weighted by Gasteiger charge is 2.50. The van der Waals surface area contributed by atoms with Crippen molar-refractivity contribution in [2.45, 2.75) is 30.3 Å². The minimum atomic E-state index is -3.46. The normalized spacial score (nSPS) is 18.7. The Morgan fingerprint density at radius 3 is 2.40 bits per heavy atom. The Morgan fingerprint density at radius 1 is 1.13 bits per heavy atom. The molecule has 1 aliphatic rings. The third-order valence-electron chi connectivity index (χ3n) is 5.29. The summed E-state index contributed by atoms with van der Waals surface area (Å²) >= 11 is 0. The van der Waals surface area contributed by atoms with Crippen molar-refractivity contribution in [3.63, 3.8) is 0 Å². The summed E-state index contributed by atoms with van der Waals surface area (Å²) in [6, 6.07) is 7.14. The van der Waals surface area contributed by atoms with E-state index in [1.807, 2.05) is 0 Å². The summed E-state index contributed by atoms with van der Waals surface area (Å²) in [5, 5.41) is 2.68. The smallest absolute Gasteiger partial charge is 0.276 e. The maximum Gasteiger partial charge on any atom is 0.276 e. The zero-order valence-corrected chi connectivity index (χ0v) is 16.3. The summed E-state index contributed by atoms with van der Waals surface area (Å²) in [6.07, 6.45) is -0.154. The Morgan fingerprint density at radius 2 is 1.80 bits per heavy atom. The Balaban J connectivity index is 1.76. The fourth-order valence-electron chi connectivity index (χ4n) is 3.68. The van der Waals surface area contributed by atoms with Gasteiger partial charge in [-0.2, -0.15) is 0 Å². The quantitative estimate of drug-likeness (QED) is 0.627. The van der Waals surface area contributed by atoms with E-state index in [0.717, 1.165) is 4.90 Å². The van der Waals surface area contributed by atoms with Gasteiger partial charge in [0.25, 0.3) is 11.8 Å². The lowest BCUT2D eigenvalue weighted by molar-refractivity contribution is -0.164. The van der Waals surface area contributed by atoms with E-state index in [0.29, 0.717) is 5.56 Å². The summed E-state index contributed by atoms with van der Waals surface area (Å²) in [6.45, 7) is -2.36. The van der Waals surface area contributed by atoms with Crippen LogP contribution in [0.3, 0.4) is 0 Å². The number of nitrogens with two attached hydrogens (primary N) is 1. The summed E-state index contributed by atoms with van der Waals surface area (Å²) in [5.74, 6) is -7.59. The van der Waals surface area contributed by atoms with Crippen LogP contribution in [-0.4, -0.2) is 55.5 Å². The molecule has 1 saturated heterocycles. The highest BCUT2D eigenvalue weighted by molar-refractivity contribution is 5.65. The first-order chi connectivity index (χ1) is 14.0. The standard InChI is InChI=1S/C21H23F6N3/c1-29-17(19(28)21(26,27)12-30-10-20(24,25)11-30)9-14-5-3-7-16(18(14)23)13-4-2-6-15(22)8-13/h2-8,17,19,29H,9-12,28H2,1H3. The van der Waals surface area contributed by atoms with Crippen molar-refractivity contribution in [1.82, 2.24) is 10.2 Å². The maximum atomic E-state index is 15.0. The summed E-state index contributed by atoms with van der Waals surface area (Å²) in [7, 11) is 1.42. The minimum Gasteiger partial charge on any atom is -0.321 e. The molecule has 3 rings (SSSR count). The van der Waals surface area contributed by atoms with Crippen LogP contribution in [0.5, 0.6) is 0 Å². The van der Waals surface area contributed by atoms with E-state index in [9.17, 15) is 22.0 Å². The molecule has 0 spiro atoms. The molecule has 1 heterocycles. The van der Waals surface area contributed by atoms with Gasteiger partial charge in [-0.25, -0.2) is 26.3 Å². The third-order valence-corrected chi connectivity index (χ3v) is 5.29. The van der Waals surface area contributed by atoms with Crippen molar-refractivity contribution >= 4 is 0 Å². The van der Waals surface area contributed by atoms with Crippen molar-refractivity contribution in [2.75, 3.05) is 26.7 Å². The number of nitrogens with one attached hydrogen (secondary N) is 1. The lowest BCUT2D eigenvalue weighted by Gasteiger charge is -2.42. The van der Waals surface area contributed by atoms with Gasteiger partial charge in [-0.1, -0.05) is 30.3 Å². The van der Waals surface area contributed by atoms with Crippen LogP contribution in [0.2, 0.25) is 0 Å². The van der Waals surface area contributed by atoms with Crippen molar-refractivity contribution in [1.29, 1.82) is 0 Å². The van der Waals surface area contributed by atoms with Gasteiger partial charge in [-0.3, -0.25) is 4.90 Å². The van der Waals surface area contributed by atoms with Gasteiger partial charge in [-0.15, -0.1) is 0 Å². The van der Waals surface area contributed by atoms with Crippen LogP contribution in [0.15, 0.2) is 42.5 Å². The number of nitrogens with zero attached hydrogens (tertiary/aromatic N) is 1. The van der Waals surface area contributed by atoms with E-state index in [-0.39, 0.29) is 17.5 Å². The van der Waals surface area contributed by atoms with E-state index in [2.05, 4.69) is 5.32 Å². The average molecular weight is 431 g/mol. The average Bonchev–Trinajstić information content (AvgIpc) is 2.65. The van der Waals surface area contributed by atoms with Crippen LogP contribution < -0.4 is 11.1 Å². The molecular formula is C21H23F6N3. The second-order valence-corrected chi connectivity index (χ2v) is 7.68. The number of benzene rings is 2. The number of likely N-dealkylation sites (N-methyl/N-ethyl adjacent to an activating group) is 1. The molecule has 2 aromatic rings. The number of likely N-dealkylation sites (tertiary alicyclic amines) is 1. The summed E-state index contributed by atoms with van der Waals surface area (Å²) < 4.78 is 83.5. The second kappa shape index (κ2) is 8.56. The van der Waals surface area contributed by atoms with Gasteiger partial charge >= 0.3 is 0 Å². The SMILES string of the molecule is CNC(Cc1cccc(-c2cccc(F)c2)c1F)C(N)C(F)(F)CN1CC(F)(F)C1.